The van der Waals surface area contributed by atoms with Gasteiger partial charge in [-0.05, 0) is 26.0 Å². The van der Waals surface area contributed by atoms with Gasteiger partial charge in [-0.3, -0.25) is 0 Å². The molecule has 2 aromatic rings. The predicted octanol–water partition coefficient (Wildman–Crippen LogP) is 3.50. The van der Waals surface area contributed by atoms with Crippen LogP contribution in [0.2, 0.25) is 0 Å². The van der Waals surface area contributed by atoms with E-state index in [0.29, 0.717) is 11.3 Å². The summed E-state index contributed by atoms with van der Waals surface area (Å²) in [4.78, 5) is 0. The van der Waals surface area contributed by atoms with Crippen molar-refractivity contribution in [2.75, 3.05) is 7.11 Å². The van der Waals surface area contributed by atoms with Crippen molar-refractivity contribution in [1.29, 1.82) is 0 Å². The molecule has 2 aromatic carbocycles. The Morgan fingerprint density at radius 3 is 2.21 bits per heavy atom. The van der Waals surface area contributed by atoms with Crippen molar-refractivity contribution in [1.82, 2.24) is 0 Å². The van der Waals surface area contributed by atoms with Gasteiger partial charge in [0.05, 0.1) is 13.2 Å². The molecular formula is C16H18FNO. The molecule has 1 atom stereocenters. The Labute approximate surface area is 113 Å². The zero-order valence-electron chi connectivity index (χ0n) is 11.4. The molecule has 3 heteroatoms. The van der Waals surface area contributed by atoms with Crippen molar-refractivity contribution < 1.29 is 9.13 Å². The first-order chi connectivity index (χ1) is 9.02. The minimum absolute atomic E-state index is 0.290. The number of aryl methyl sites for hydroxylation is 2. The molecule has 0 aliphatic carbocycles. The molecular weight excluding hydrogens is 241 g/mol. The van der Waals surface area contributed by atoms with Crippen molar-refractivity contribution in [2.45, 2.75) is 19.9 Å². The monoisotopic (exact) mass is 259 g/mol. The lowest BCUT2D eigenvalue weighted by Gasteiger charge is -2.18. The quantitative estimate of drug-likeness (QED) is 0.915. The lowest BCUT2D eigenvalue weighted by molar-refractivity contribution is 0.407. The van der Waals surface area contributed by atoms with Crippen molar-refractivity contribution in [3.63, 3.8) is 0 Å². The zero-order chi connectivity index (χ0) is 14.0. The van der Waals surface area contributed by atoms with Crippen LogP contribution in [0.1, 0.15) is 28.3 Å². The lowest BCUT2D eigenvalue weighted by Crippen LogP contribution is -2.15. The largest absolute Gasteiger partial charge is 0.496 e. The molecule has 0 heterocycles. The summed E-state index contributed by atoms with van der Waals surface area (Å²) in [5.41, 5.74) is 9.55. The molecule has 2 N–H and O–H groups in total. The smallest absolute Gasteiger partial charge is 0.128 e. The van der Waals surface area contributed by atoms with Crippen molar-refractivity contribution >= 4 is 0 Å². The van der Waals surface area contributed by atoms with Gasteiger partial charge in [0.2, 0.25) is 0 Å². The fraction of sp³-hybridized carbons (Fsp3) is 0.250. The van der Waals surface area contributed by atoms with Crippen LogP contribution in [0.25, 0.3) is 0 Å². The predicted molar refractivity (Wildman–Crippen MR) is 74.9 cm³/mol. The number of nitrogens with two attached hydrogens (primary N) is 1. The van der Waals surface area contributed by atoms with E-state index >= 15 is 0 Å². The molecule has 0 spiro atoms. The molecule has 0 amide bonds. The number of ether oxygens (including phenoxy) is 1. The van der Waals surface area contributed by atoms with Crippen LogP contribution in [0.5, 0.6) is 5.75 Å². The second kappa shape index (κ2) is 5.41. The molecule has 0 aliphatic heterocycles. The SMILES string of the molecule is COc1ccc(C)cc1C(N)c1cc(C)ccc1F. The van der Waals surface area contributed by atoms with E-state index in [1.807, 2.05) is 32.0 Å². The highest BCUT2D eigenvalue weighted by Crippen LogP contribution is 2.30. The molecule has 0 aliphatic rings. The van der Waals surface area contributed by atoms with Gasteiger partial charge in [0, 0.05) is 11.1 Å². The minimum Gasteiger partial charge on any atom is -0.496 e. The van der Waals surface area contributed by atoms with Gasteiger partial charge in [-0.25, -0.2) is 4.39 Å². The summed E-state index contributed by atoms with van der Waals surface area (Å²) in [6.45, 7) is 3.89. The fourth-order valence-electron chi connectivity index (χ4n) is 2.17. The standard InChI is InChI=1S/C16H18FNO/c1-10-4-6-14(17)12(8-10)16(18)13-9-11(2)5-7-15(13)19-3/h4-9,16H,18H2,1-3H3. The second-order valence-electron chi connectivity index (χ2n) is 4.75. The summed E-state index contributed by atoms with van der Waals surface area (Å²) in [5.74, 6) is 0.390. The molecule has 100 valence electrons. The Kier molecular flexibility index (Phi) is 3.86. The van der Waals surface area contributed by atoms with Crippen LogP contribution in [-0.4, -0.2) is 7.11 Å². The number of halogens is 1. The molecule has 0 fully saturated rings. The van der Waals surface area contributed by atoms with E-state index in [0.717, 1.165) is 16.7 Å². The summed E-state index contributed by atoms with van der Waals surface area (Å²) >= 11 is 0. The van der Waals surface area contributed by atoms with E-state index in [1.165, 1.54) is 6.07 Å². The lowest BCUT2D eigenvalue weighted by atomic mass is 9.95. The van der Waals surface area contributed by atoms with Crippen LogP contribution in [0, 0.1) is 19.7 Å². The highest BCUT2D eigenvalue weighted by molar-refractivity contribution is 5.44. The number of benzene rings is 2. The molecule has 19 heavy (non-hydrogen) atoms. The first-order valence-corrected chi connectivity index (χ1v) is 6.19. The molecule has 0 saturated heterocycles. The maximum atomic E-state index is 13.9. The van der Waals surface area contributed by atoms with Gasteiger partial charge in [-0.2, -0.15) is 0 Å². The second-order valence-corrected chi connectivity index (χ2v) is 4.75. The molecule has 0 saturated carbocycles. The van der Waals surface area contributed by atoms with E-state index in [1.54, 1.807) is 19.2 Å². The third-order valence-corrected chi connectivity index (χ3v) is 3.21. The van der Waals surface area contributed by atoms with Crippen LogP contribution in [0.15, 0.2) is 36.4 Å². The molecule has 1 unspecified atom stereocenters. The fourth-order valence-corrected chi connectivity index (χ4v) is 2.17. The molecule has 2 rings (SSSR count). The Bertz CT molecular complexity index is 595. The summed E-state index contributed by atoms with van der Waals surface area (Å²) < 4.78 is 19.2. The number of hydrogen-bond donors (Lipinski definition) is 1. The van der Waals surface area contributed by atoms with Gasteiger partial charge < -0.3 is 10.5 Å². The van der Waals surface area contributed by atoms with E-state index in [-0.39, 0.29) is 5.82 Å². The van der Waals surface area contributed by atoms with Gasteiger partial charge in [0.25, 0.3) is 0 Å². The van der Waals surface area contributed by atoms with E-state index in [9.17, 15) is 4.39 Å². The Morgan fingerprint density at radius 1 is 1.00 bits per heavy atom. The van der Waals surface area contributed by atoms with Crippen LogP contribution in [0.4, 0.5) is 4.39 Å². The van der Waals surface area contributed by atoms with Gasteiger partial charge >= 0.3 is 0 Å². The summed E-state index contributed by atoms with van der Waals surface area (Å²) in [7, 11) is 1.59. The normalized spacial score (nSPS) is 12.3. The Balaban J connectivity index is 2.51. The number of rotatable bonds is 3. The first kappa shape index (κ1) is 13.6. The summed E-state index contributed by atoms with van der Waals surface area (Å²) in [6.07, 6.45) is 0. The van der Waals surface area contributed by atoms with Crippen LogP contribution >= 0.6 is 0 Å². The van der Waals surface area contributed by atoms with Gasteiger partial charge in [-0.1, -0.05) is 35.4 Å². The topological polar surface area (TPSA) is 35.2 Å². The van der Waals surface area contributed by atoms with Crippen molar-refractivity contribution in [3.8, 4) is 5.75 Å². The molecule has 2 nitrogen and oxygen atoms in total. The summed E-state index contributed by atoms with van der Waals surface area (Å²) in [5, 5.41) is 0. The van der Waals surface area contributed by atoms with E-state index < -0.39 is 6.04 Å². The maximum absolute atomic E-state index is 13.9. The third-order valence-electron chi connectivity index (χ3n) is 3.21. The van der Waals surface area contributed by atoms with Crippen molar-refractivity contribution in [3.05, 3.63) is 64.5 Å². The Morgan fingerprint density at radius 2 is 1.58 bits per heavy atom. The highest BCUT2D eigenvalue weighted by atomic mass is 19.1. The van der Waals surface area contributed by atoms with Crippen LogP contribution in [0.3, 0.4) is 0 Å². The van der Waals surface area contributed by atoms with Crippen LogP contribution < -0.4 is 10.5 Å². The molecule has 0 bridgehead atoms. The highest BCUT2D eigenvalue weighted by Gasteiger charge is 2.17. The van der Waals surface area contributed by atoms with Gasteiger partial charge in [-0.15, -0.1) is 0 Å². The average molecular weight is 259 g/mol. The number of hydrogen-bond acceptors (Lipinski definition) is 2. The molecule has 0 radical (unpaired) electrons. The summed E-state index contributed by atoms with van der Waals surface area (Å²) in [6, 6.07) is 10.2. The maximum Gasteiger partial charge on any atom is 0.128 e. The third kappa shape index (κ3) is 2.76. The van der Waals surface area contributed by atoms with Gasteiger partial charge in [0.1, 0.15) is 11.6 Å². The first-order valence-electron chi connectivity index (χ1n) is 6.19. The van der Waals surface area contributed by atoms with E-state index in [2.05, 4.69) is 0 Å². The van der Waals surface area contributed by atoms with Crippen LogP contribution in [-0.2, 0) is 0 Å². The molecule has 0 aromatic heterocycles. The minimum atomic E-state index is -0.533. The zero-order valence-corrected chi connectivity index (χ0v) is 11.4. The number of methoxy groups -OCH3 is 1. The van der Waals surface area contributed by atoms with Crippen molar-refractivity contribution in [2.24, 2.45) is 5.73 Å². The average Bonchev–Trinajstić information content (AvgIpc) is 2.40. The van der Waals surface area contributed by atoms with E-state index in [4.69, 9.17) is 10.5 Å². The Hall–Kier alpha value is -1.87. The van der Waals surface area contributed by atoms with Gasteiger partial charge in [0.15, 0.2) is 0 Å².